The average molecular weight is 800 g/mol. The number of thiophene rings is 1. The fraction of sp³-hybridized carbons (Fsp3) is 0.455. The molecule has 50 heavy (non-hydrogen) atoms. The third kappa shape index (κ3) is 7.95. The number of benzene rings is 2. The van der Waals surface area contributed by atoms with Crippen molar-refractivity contribution in [3.05, 3.63) is 63.4 Å². The van der Waals surface area contributed by atoms with E-state index in [1.807, 2.05) is 11.8 Å². The second-order valence-electron chi connectivity index (χ2n) is 12.2. The Morgan fingerprint density at radius 2 is 1.84 bits per heavy atom. The van der Waals surface area contributed by atoms with Gasteiger partial charge in [0.15, 0.2) is 0 Å². The summed E-state index contributed by atoms with van der Waals surface area (Å²) in [6, 6.07) is 9.45. The van der Waals surface area contributed by atoms with Crippen molar-refractivity contribution in [1.29, 1.82) is 0 Å². The lowest BCUT2D eigenvalue weighted by Gasteiger charge is -2.39. The van der Waals surface area contributed by atoms with Gasteiger partial charge in [-0.05, 0) is 80.6 Å². The molecule has 2 saturated heterocycles. The van der Waals surface area contributed by atoms with Crippen molar-refractivity contribution in [2.45, 2.75) is 63.3 Å². The standard InChI is InChI=1S/C33H38BrF2N4O8PS/c1-3-38-15-13-24-10-11-26(32(45)39(16-14-29(41)42)23-8-6-22(34)7-9-23)40(24)31(44)25(19-38)37-30(43)28-18-20-17-21(5-12-27(20)50-28)33(35,36)49(46,47)48-4-2/h5-9,12,17-18,24-26H,3-4,10-11,13-16,19H2,1-2H3,(H,37,43)(H,41,42)(H,46,47)/t24-,25+,26+/m1/s1. The van der Waals surface area contributed by atoms with Crippen LogP contribution in [0.15, 0.2) is 53.0 Å². The van der Waals surface area contributed by atoms with Gasteiger partial charge < -0.3 is 34.5 Å². The highest BCUT2D eigenvalue weighted by Crippen LogP contribution is 2.63. The Bertz CT molecular complexity index is 1810. The number of amides is 3. The molecule has 2 fully saturated rings. The maximum Gasteiger partial charge on any atom is 0.401 e. The van der Waals surface area contributed by atoms with Crippen molar-refractivity contribution in [2.75, 3.05) is 37.7 Å². The number of rotatable bonds is 12. The largest absolute Gasteiger partial charge is 0.481 e. The fourth-order valence-corrected chi connectivity index (χ4v) is 8.63. The SMILES string of the molecule is CCOP(=O)(O)C(F)(F)c1ccc2sc(C(=O)N[C@H]3CN(CC)CC[C@H]4CC[C@@H](C(=O)N(CCC(=O)O)c5ccc(Br)cc5)N4C3=O)cc2c1. The van der Waals surface area contributed by atoms with Gasteiger partial charge in [-0.15, -0.1) is 11.3 Å². The van der Waals surface area contributed by atoms with E-state index in [0.29, 0.717) is 42.7 Å². The van der Waals surface area contributed by atoms with Crippen molar-refractivity contribution in [3.8, 4) is 0 Å². The summed E-state index contributed by atoms with van der Waals surface area (Å²) in [4.78, 5) is 68.6. The molecule has 0 spiro atoms. The van der Waals surface area contributed by atoms with Crippen LogP contribution in [0.3, 0.4) is 0 Å². The van der Waals surface area contributed by atoms with E-state index in [0.717, 1.165) is 27.9 Å². The van der Waals surface area contributed by atoms with Gasteiger partial charge in [-0.1, -0.05) is 28.9 Å². The lowest BCUT2D eigenvalue weighted by Crippen LogP contribution is -2.60. The number of carbonyl (C=O) groups excluding carboxylic acids is 3. The first-order chi connectivity index (χ1) is 23.7. The number of anilines is 1. The van der Waals surface area contributed by atoms with Gasteiger partial charge in [-0.3, -0.25) is 23.7 Å². The molecule has 270 valence electrons. The number of hydrogen-bond acceptors (Lipinski definition) is 8. The maximum absolute atomic E-state index is 14.9. The number of nitrogens with zero attached hydrogens (tertiary/aromatic N) is 3. The summed E-state index contributed by atoms with van der Waals surface area (Å²) in [5.74, 6) is -2.53. The predicted molar refractivity (Wildman–Crippen MR) is 188 cm³/mol. The minimum Gasteiger partial charge on any atom is -0.481 e. The number of nitrogens with one attached hydrogen (secondary N) is 1. The molecule has 3 amide bonds. The van der Waals surface area contributed by atoms with Crippen LogP contribution in [0.5, 0.6) is 0 Å². The summed E-state index contributed by atoms with van der Waals surface area (Å²) in [6.45, 7) is 4.19. The van der Waals surface area contributed by atoms with Crippen LogP contribution in [0.1, 0.15) is 54.8 Å². The van der Waals surface area contributed by atoms with Crippen molar-refractivity contribution in [2.24, 2.45) is 0 Å². The molecule has 3 N–H and O–H groups in total. The molecule has 12 nitrogen and oxygen atoms in total. The smallest absolute Gasteiger partial charge is 0.401 e. The Labute approximate surface area is 300 Å². The highest BCUT2D eigenvalue weighted by Gasteiger charge is 2.52. The first kappa shape index (κ1) is 38.0. The molecule has 0 bridgehead atoms. The van der Waals surface area contributed by atoms with E-state index < -0.39 is 54.6 Å². The molecule has 3 heterocycles. The molecule has 2 aromatic carbocycles. The van der Waals surface area contributed by atoms with Gasteiger partial charge in [0.05, 0.1) is 17.9 Å². The highest BCUT2D eigenvalue weighted by molar-refractivity contribution is 9.10. The quantitative estimate of drug-likeness (QED) is 0.198. The molecule has 5 rings (SSSR count). The zero-order valence-corrected chi connectivity index (χ0v) is 30.7. The van der Waals surface area contributed by atoms with E-state index in [9.17, 15) is 42.5 Å². The van der Waals surface area contributed by atoms with Crippen LogP contribution in [0.2, 0.25) is 0 Å². The van der Waals surface area contributed by atoms with Gasteiger partial charge >= 0.3 is 19.2 Å². The molecule has 2 aliphatic rings. The van der Waals surface area contributed by atoms with Crippen LogP contribution < -0.4 is 10.2 Å². The number of likely N-dealkylation sites (N-methyl/N-ethyl adjacent to an activating group) is 1. The van der Waals surface area contributed by atoms with Crippen molar-refractivity contribution in [1.82, 2.24) is 15.1 Å². The normalized spacial score (nSPS) is 21.3. The number of hydrogen-bond donors (Lipinski definition) is 3. The third-order valence-corrected chi connectivity index (χ3v) is 12.2. The van der Waals surface area contributed by atoms with Gasteiger partial charge in [0.2, 0.25) is 11.8 Å². The van der Waals surface area contributed by atoms with Gasteiger partial charge in [0.25, 0.3) is 5.91 Å². The first-order valence-electron chi connectivity index (χ1n) is 16.2. The third-order valence-electron chi connectivity index (χ3n) is 9.01. The topological polar surface area (TPSA) is 157 Å². The molecular formula is C33H38BrF2N4O8PS. The summed E-state index contributed by atoms with van der Waals surface area (Å²) in [7, 11) is -5.32. The van der Waals surface area contributed by atoms with E-state index in [4.69, 9.17) is 0 Å². The molecule has 4 atom stereocenters. The Morgan fingerprint density at radius 3 is 2.50 bits per heavy atom. The summed E-state index contributed by atoms with van der Waals surface area (Å²) in [5, 5.41) is 12.5. The number of carboxylic acid groups (broad SMARTS) is 1. The van der Waals surface area contributed by atoms with Crippen LogP contribution in [0, 0.1) is 0 Å². The van der Waals surface area contributed by atoms with Gasteiger partial charge in [0, 0.05) is 46.1 Å². The molecule has 1 aromatic heterocycles. The van der Waals surface area contributed by atoms with E-state index in [1.54, 1.807) is 29.2 Å². The molecular weight excluding hydrogens is 761 g/mol. The number of carbonyl (C=O) groups is 4. The minimum atomic E-state index is -5.32. The van der Waals surface area contributed by atoms with Crippen LogP contribution in [-0.4, -0.2) is 94.4 Å². The first-order valence-corrected chi connectivity index (χ1v) is 19.4. The average Bonchev–Trinajstić information content (AvgIpc) is 3.70. The molecule has 0 radical (unpaired) electrons. The van der Waals surface area contributed by atoms with Gasteiger partial charge in [-0.2, -0.15) is 8.78 Å². The van der Waals surface area contributed by atoms with E-state index in [-0.39, 0.29) is 42.4 Å². The summed E-state index contributed by atoms with van der Waals surface area (Å²) >= 11 is 4.39. The number of fused-ring (bicyclic) bond motifs is 2. The van der Waals surface area contributed by atoms with Crippen molar-refractivity contribution >= 4 is 74.3 Å². The molecule has 3 aromatic rings. The molecule has 2 aliphatic heterocycles. The zero-order chi connectivity index (χ0) is 36.4. The summed E-state index contributed by atoms with van der Waals surface area (Å²) in [5.41, 5.74) is -4.43. The fourth-order valence-electron chi connectivity index (χ4n) is 6.44. The Hall–Kier alpha value is -3.27. The van der Waals surface area contributed by atoms with Crippen LogP contribution in [0.25, 0.3) is 10.1 Å². The maximum atomic E-state index is 14.9. The second-order valence-corrected chi connectivity index (χ2v) is 16.0. The number of alkyl halides is 2. The van der Waals surface area contributed by atoms with E-state index in [2.05, 4.69) is 25.8 Å². The lowest BCUT2D eigenvalue weighted by atomic mass is 10.1. The molecule has 1 unspecified atom stereocenters. The minimum absolute atomic E-state index is 0.0934. The molecule has 0 aliphatic carbocycles. The summed E-state index contributed by atoms with van der Waals surface area (Å²) < 4.78 is 47.8. The highest BCUT2D eigenvalue weighted by atomic mass is 79.9. The van der Waals surface area contributed by atoms with Crippen LogP contribution >= 0.6 is 34.9 Å². The molecule has 17 heteroatoms. The number of halogens is 3. The number of aliphatic carboxylic acids is 1. The second kappa shape index (κ2) is 15.5. The van der Waals surface area contributed by atoms with Gasteiger partial charge in [0.1, 0.15) is 12.1 Å². The lowest BCUT2D eigenvalue weighted by molar-refractivity contribution is -0.142. The Balaban J connectivity index is 1.41. The predicted octanol–water partition coefficient (Wildman–Crippen LogP) is 5.63. The monoisotopic (exact) mass is 798 g/mol. The summed E-state index contributed by atoms with van der Waals surface area (Å²) in [6.07, 6.45) is 1.25. The Morgan fingerprint density at radius 1 is 1.12 bits per heavy atom. The van der Waals surface area contributed by atoms with Gasteiger partial charge in [-0.25, -0.2) is 0 Å². The van der Waals surface area contributed by atoms with E-state index >= 15 is 0 Å². The van der Waals surface area contributed by atoms with E-state index in [1.165, 1.54) is 24.0 Å². The number of carboxylic acids is 1. The van der Waals surface area contributed by atoms with Crippen molar-refractivity contribution < 1.29 is 47.0 Å². The van der Waals surface area contributed by atoms with Crippen LogP contribution in [0.4, 0.5) is 14.5 Å². The van der Waals surface area contributed by atoms with Crippen LogP contribution in [-0.2, 0) is 29.1 Å². The molecule has 0 saturated carbocycles. The van der Waals surface area contributed by atoms with Crippen molar-refractivity contribution in [3.63, 3.8) is 0 Å². The Kier molecular flexibility index (Phi) is 11.8. The zero-order valence-electron chi connectivity index (χ0n) is 27.4.